The Morgan fingerprint density at radius 1 is 1.07 bits per heavy atom. The highest BCUT2D eigenvalue weighted by Gasteiger charge is 2.29. The predicted molar refractivity (Wildman–Crippen MR) is 119 cm³/mol. The van der Waals surface area contributed by atoms with Crippen molar-refractivity contribution in [2.45, 2.75) is 13.0 Å². The van der Waals surface area contributed by atoms with Crippen LogP contribution in [0.3, 0.4) is 0 Å². The minimum Gasteiger partial charge on any atom is -0.378 e. The zero-order valence-electron chi connectivity index (χ0n) is 16.8. The van der Waals surface area contributed by atoms with Crippen molar-refractivity contribution in [1.82, 2.24) is 24.6 Å². The van der Waals surface area contributed by atoms with Gasteiger partial charge in [0.2, 0.25) is 5.95 Å². The van der Waals surface area contributed by atoms with Crippen molar-refractivity contribution in [1.29, 1.82) is 0 Å². The summed E-state index contributed by atoms with van der Waals surface area (Å²) >= 11 is 6.02. The first-order valence-corrected chi connectivity index (χ1v) is 10.5. The Morgan fingerprint density at radius 2 is 1.90 bits per heavy atom. The molecule has 3 aromatic rings. The lowest BCUT2D eigenvalue weighted by Gasteiger charge is -2.43. The van der Waals surface area contributed by atoms with Gasteiger partial charge in [0.15, 0.2) is 0 Å². The number of anilines is 3. The van der Waals surface area contributed by atoms with Crippen LogP contribution in [0.15, 0.2) is 43.0 Å². The largest absolute Gasteiger partial charge is 0.378 e. The lowest BCUT2D eigenvalue weighted by Crippen LogP contribution is -2.56. The van der Waals surface area contributed by atoms with Gasteiger partial charge < -0.3 is 15.0 Å². The van der Waals surface area contributed by atoms with Gasteiger partial charge in [-0.2, -0.15) is 4.98 Å². The molecule has 0 saturated carbocycles. The molecule has 8 nitrogen and oxygen atoms in total. The van der Waals surface area contributed by atoms with Gasteiger partial charge in [-0.25, -0.2) is 4.68 Å². The van der Waals surface area contributed by atoms with Crippen LogP contribution >= 0.6 is 11.6 Å². The van der Waals surface area contributed by atoms with Crippen LogP contribution < -0.4 is 10.2 Å². The van der Waals surface area contributed by atoms with Crippen LogP contribution in [-0.2, 0) is 4.74 Å². The molecular formula is C21H26ClN7O. The summed E-state index contributed by atoms with van der Waals surface area (Å²) < 4.78 is 6.99. The number of hydrogen-bond donors (Lipinski definition) is 1. The van der Waals surface area contributed by atoms with Crippen LogP contribution in [-0.4, -0.2) is 70.1 Å². The fourth-order valence-electron chi connectivity index (χ4n) is 3.90. The Morgan fingerprint density at radius 3 is 2.63 bits per heavy atom. The molecule has 1 N–H and O–H groups in total. The Kier molecular flexibility index (Phi) is 5.28. The highest BCUT2D eigenvalue weighted by atomic mass is 35.5. The second-order valence-electron chi connectivity index (χ2n) is 7.77. The van der Waals surface area contributed by atoms with E-state index in [2.05, 4.69) is 55.3 Å². The summed E-state index contributed by atoms with van der Waals surface area (Å²) in [5.74, 6) is 0.529. The minimum absolute atomic E-state index is 0. The van der Waals surface area contributed by atoms with E-state index in [4.69, 9.17) is 16.3 Å². The summed E-state index contributed by atoms with van der Waals surface area (Å²) in [6.45, 7) is 8.06. The van der Waals surface area contributed by atoms with E-state index in [0.717, 1.165) is 50.8 Å². The topological polar surface area (TPSA) is 71.3 Å². The first-order chi connectivity index (χ1) is 14.6. The maximum atomic E-state index is 6.02. The number of halogens is 1. The molecular weight excluding hydrogens is 402 g/mol. The van der Waals surface area contributed by atoms with Gasteiger partial charge in [0, 0.05) is 45.2 Å². The van der Waals surface area contributed by atoms with E-state index in [1.165, 1.54) is 11.3 Å². The van der Waals surface area contributed by atoms with Gasteiger partial charge in [-0.15, -0.1) is 5.10 Å². The molecule has 0 unspecified atom stereocenters. The molecule has 5 rings (SSSR count). The van der Waals surface area contributed by atoms with Crippen LogP contribution in [0.2, 0.25) is 5.02 Å². The van der Waals surface area contributed by atoms with Crippen LogP contribution in [0, 0.1) is 6.92 Å². The normalized spacial score (nSPS) is 17.7. The van der Waals surface area contributed by atoms with Crippen LogP contribution in [0.5, 0.6) is 0 Å². The van der Waals surface area contributed by atoms with Crippen molar-refractivity contribution < 1.29 is 6.16 Å². The van der Waals surface area contributed by atoms with Gasteiger partial charge in [-0.05, 0) is 36.8 Å². The maximum Gasteiger partial charge on any atom is 0.246 e. The number of aromatic nitrogens is 4. The first kappa shape index (κ1) is 19.3. The number of benzene rings is 1. The third kappa shape index (κ3) is 4.12. The van der Waals surface area contributed by atoms with E-state index in [0.29, 0.717) is 17.0 Å². The molecule has 158 valence electrons. The van der Waals surface area contributed by atoms with Gasteiger partial charge in [0.1, 0.15) is 6.33 Å². The fraction of sp³-hybridized carbons (Fsp3) is 0.381. The summed E-state index contributed by atoms with van der Waals surface area (Å²) in [5, 5.41) is 8.38. The Balaban J connectivity index is 0.00000231. The van der Waals surface area contributed by atoms with Gasteiger partial charge in [-0.3, -0.25) is 9.88 Å². The van der Waals surface area contributed by atoms with E-state index in [-0.39, 0.29) is 1.43 Å². The smallest absolute Gasteiger partial charge is 0.246 e. The first-order valence-electron chi connectivity index (χ1n) is 10.1. The number of nitrogens with one attached hydrogen (secondary N) is 1. The maximum absolute atomic E-state index is 6.02. The number of rotatable bonds is 5. The number of piperazine rings is 1. The van der Waals surface area contributed by atoms with Gasteiger partial charge >= 0.3 is 0 Å². The molecule has 0 bridgehead atoms. The van der Waals surface area contributed by atoms with Gasteiger partial charge in [0.25, 0.3) is 0 Å². The molecule has 2 saturated heterocycles. The molecule has 0 atom stereocenters. The number of hydrogen-bond acceptors (Lipinski definition) is 7. The van der Waals surface area contributed by atoms with E-state index in [1.54, 1.807) is 29.5 Å². The summed E-state index contributed by atoms with van der Waals surface area (Å²) in [6.07, 6.45) is 4.94. The second-order valence-corrected chi connectivity index (χ2v) is 8.21. The van der Waals surface area contributed by atoms with Crippen molar-refractivity contribution in [2.75, 3.05) is 49.6 Å². The second kappa shape index (κ2) is 8.22. The molecule has 2 aromatic heterocycles. The third-order valence-electron chi connectivity index (χ3n) is 5.58. The molecule has 30 heavy (non-hydrogen) atoms. The standard InChI is InChI=1S/C21H24ClN7O.H2/c1-15-6-17(25-21-24-14-29(26-21)19-8-16(22)10-23-11-19)9-18(7-15)27-2-4-28(5-3-27)20-12-30-13-20;/h6-11,14,20H,2-5,12-13H2,1H3,(H,25,26);1H. The Bertz CT molecular complexity index is 1030. The van der Waals surface area contributed by atoms with Crippen molar-refractivity contribution in [3.8, 4) is 5.69 Å². The van der Waals surface area contributed by atoms with Crippen LogP contribution in [0.1, 0.15) is 6.99 Å². The fourth-order valence-corrected chi connectivity index (χ4v) is 4.06. The summed E-state index contributed by atoms with van der Waals surface area (Å²) in [6, 6.07) is 8.91. The van der Waals surface area contributed by atoms with Crippen molar-refractivity contribution >= 4 is 28.9 Å². The molecule has 0 aliphatic carbocycles. The van der Waals surface area contributed by atoms with Gasteiger partial charge in [-0.1, -0.05) is 11.6 Å². The molecule has 0 spiro atoms. The molecule has 2 fully saturated rings. The summed E-state index contributed by atoms with van der Waals surface area (Å²) in [5.41, 5.74) is 4.16. The van der Waals surface area contributed by atoms with Crippen LogP contribution in [0.4, 0.5) is 17.3 Å². The Labute approximate surface area is 181 Å². The third-order valence-corrected chi connectivity index (χ3v) is 5.79. The number of ether oxygens (including phenoxy) is 1. The average molecular weight is 428 g/mol. The summed E-state index contributed by atoms with van der Waals surface area (Å²) in [7, 11) is 0. The SMILES string of the molecule is Cc1cc(Nc2ncn(-c3cncc(Cl)c3)n2)cc(N2CCN(C3COC3)CC2)c1.[HH]. The molecule has 2 aliphatic rings. The zero-order chi connectivity index (χ0) is 20.5. The monoisotopic (exact) mass is 427 g/mol. The number of pyridine rings is 1. The van der Waals surface area contributed by atoms with Crippen molar-refractivity contribution in [3.05, 3.63) is 53.6 Å². The highest BCUT2D eigenvalue weighted by molar-refractivity contribution is 6.30. The molecule has 4 heterocycles. The predicted octanol–water partition coefficient (Wildman–Crippen LogP) is 3.13. The van der Waals surface area contributed by atoms with E-state index < -0.39 is 0 Å². The zero-order valence-corrected chi connectivity index (χ0v) is 17.6. The molecule has 9 heteroatoms. The van der Waals surface area contributed by atoms with Crippen molar-refractivity contribution in [2.24, 2.45) is 0 Å². The lowest BCUT2D eigenvalue weighted by molar-refractivity contribution is -0.0660. The molecule has 2 aliphatic heterocycles. The van der Waals surface area contributed by atoms with Crippen LogP contribution in [0.25, 0.3) is 5.69 Å². The molecule has 0 radical (unpaired) electrons. The van der Waals surface area contributed by atoms with E-state index >= 15 is 0 Å². The van der Waals surface area contributed by atoms with Crippen molar-refractivity contribution in [3.63, 3.8) is 0 Å². The molecule has 0 amide bonds. The minimum atomic E-state index is 0. The number of aryl methyl sites for hydroxylation is 1. The lowest BCUT2D eigenvalue weighted by atomic mass is 10.1. The quantitative estimate of drug-likeness (QED) is 0.670. The Hall–Kier alpha value is -2.68. The number of nitrogens with zero attached hydrogens (tertiary/aromatic N) is 6. The highest BCUT2D eigenvalue weighted by Crippen LogP contribution is 2.26. The average Bonchev–Trinajstić information content (AvgIpc) is 3.15. The van der Waals surface area contributed by atoms with E-state index in [1.807, 2.05) is 0 Å². The van der Waals surface area contributed by atoms with Gasteiger partial charge in [0.05, 0.1) is 36.2 Å². The van der Waals surface area contributed by atoms with E-state index in [9.17, 15) is 0 Å². The summed E-state index contributed by atoms with van der Waals surface area (Å²) in [4.78, 5) is 13.4. The molecule has 1 aromatic carbocycles.